The fraction of sp³-hybridized carbons (Fsp3) is 0.250. The van der Waals surface area contributed by atoms with Gasteiger partial charge in [-0.2, -0.15) is 0 Å². The molecule has 72 valence electrons. The minimum atomic E-state index is 0.00467. The van der Waals surface area contributed by atoms with E-state index in [0.717, 1.165) is 5.56 Å². The van der Waals surface area contributed by atoms with E-state index in [1.54, 1.807) is 6.07 Å². The lowest BCUT2D eigenvalue weighted by atomic mass is 10.1. The zero-order chi connectivity index (χ0) is 10.0. The van der Waals surface area contributed by atoms with E-state index >= 15 is 0 Å². The van der Waals surface area contributed by atoms with Crippen molar-refractivity contribution in [2.45, 2.75) is 6.42 Å². The van der Waals surface area contributed by atoms with Crippen LogP contribution in [0.15, 0.2) is 6.07 Å². The van der Waals surface area contributed by atoms with Gasteiger partial charge in [0.25, 0.3) is 0 Å². The Morgan fingerprint density at radius 3 is 2.38 bits per heavy atom. The van der Waals surface area contributed by atoms with Gasteiger partial charge in [-0.15, -0.1) is 0 Å². The van der Waals surface area contributed by atoms with Gasteiger partial charge in [-0.3, -0.25) is 0 Å². The van der Waals surface area contributed by atoms with E-state index in [1.165, 1.54) is 0 Å². The van der Waals surface area contributed by atoms with Gasteiger partial charge < -0.3 is 22.3 Å². The highest BCUT2D eigenvalue weighted by Crippen LogP contribution is 2.33. The lowest BCUT2D eigenvalue weighted by Gasteiger charge is -2.10. The number of aliphatic hydroxyl groups is 1. The van der Waals surface area contributed by atoms with Crippen LogP contribution in [-0.4, -0.2) is 11.7 Å². The van der Waals surface area contributed by atoms with Crippen molar-refractivity contribution in [1.82, 2.24) is 0 Å². The molecule has 0 aliphatic carbocycles. The molecule has 0 aromatic heterocycles. The van der Waals surface area contributed by atoms with Crippen LogP contribution in [-0.2, 0) is 6.42 Å². The standard InChI is InChI=1S/C8H12ClN3O/c9-6-5(10)3-4(1-2-13)7(11)8(6)12/h3,13H,1-2,10-12H2. The lowest BCUT2D eigenvalue weighted by molar-refractivity contribution is 0.300. The summed E-state index contributed by atoms with van der Waals surface area (Å²) >= 11 is 5.76. The molecule has 0 unspecified atom stereocenters. The number of rotatable bonds is 2. The number of hydrogen-bond acceptors (Lipinski definition) is 4. The molecule has 7 N–H and O–H groups in total. The summed E-state index contributed by atoms with van der Waals surface area (Å²) in [5.74, 6) is 0. The van der Waals surface area contributed by atoms with Crippen molar-refractivity contribution in [1.29, 1.82) is 0 Å². The monoisotopic (exact) mass is 201 g/mol. The summed E-state index contributed by atoms with van der Waals surface area (Å²) in [5.41, 5.74) is 18.6. The Balaban J connectivity index is 3.24. The largest absolute Gasteiger partial charge is 0.397 e. The third-order valence-electron chi connectivity index (χ3n) is 1.84. The minimum Gasteiger partial charge on any atom is -0.397 e. The summed E-state index contributed by atoms with van der Waals surface area (Å²) < 4.78 is 0. The summed E-state index contributed by atoms with van der Waals surface area (Å²) in [6.07, 6.45) is 0.428. The topological polar surface area (TPSA) is 98.3 Å². The van der Waals surface area contributed by atoms with Crippen molar-refractivity contribution in [3.05, 3.63) is 16.7 Å². The highest BCUT2D eigenvalue weighted by atomic mass is 35.5. The van der Waals surface area contributed by atoms with Crippen LogP contribution in [0, 0.1) is 0 Å². The first-order chi connectivity index (χ1) is 6.07. The second kappa shape index (κ2) is 3.72. The number of benzene rings is 1. The van der Waals surface area contributed by atoms with E-state index < -0.39 is 0 Å². The Labute approximate surface area is 81.3 Å². The first-order valence-corrected chi connectivity index (χ1v) is 4.18. The van der Waals surface area contributed by atoms with Gasteiger partial charge in [0, 0.05) is 6.61 Å². The molecule has 1 aromatic carbocycles. The molecule has 0 bridgehead atoms. The molecular formula is C8H12ClN3O. The van der Waals surface area contributed by atoms with E-state index in [1.807, 2.05) is 0 Å². The van der Waals surface area contributed by atoms with Crippen molar-refractivity contribution in [2.75, 3.05) is 23.8 Å². The molecule has 1 aromatic rings. The molecule has 0 heterocycles. The maximum Gasteiger partial charge on any atom is 0.0885 e. The van der Waals surface area contributed by atoms with E-state index in [2.05, 4.69) is 0 Å². The lowest BCUT2D eigenvalue weighted by Crippen LogP contribution is -2.04. The summed E-state index contributed by atoms with van der Waals surface area (Å²) in [4.78, 5) is 0. The third-order valence-corrected chi connectivity index (χ3v) is 2.26. The fourth-order valence-electron chi connectivity index (χ4n) is 1.10. The van der Waals surface area contributed by atoms with Crippen molar-refractivity contribution < 1.29 is 5.11 Å². The smallest absolute Gasteiger partial charge is 0.0885 e. The number of anilines is 3. The van der Waals surface area contributed by atoms with Gasteiger partial charge in [-0.05, 0) is 18.1 Å². The number of nitrogen functional groups attached to an aromatic ring is 3. The Kier molecular flexibility index (Phi) is 2.85. The Morgan fingerprint density at radius 1 is 1.23 bits per heavy atom. The Hall–Kier alpha value is -1.13. The van der Waals surface area contributed by atoms with Gasteiger partial charge in [0.1, 0.15) is 0 Å². The quantitative estimate of drug-likeness (QED) is 0.528. The van der Waals surface area contributed by atoms with Crippen LogP contribution in [0.1, 0.15) is 5.56 Å². The summed E-state index contributed by atoms with van der Waals surface area (Å²) in [5, 5.41) is 9.00. The van der Waals surface area contributed by atoms with Crippen LogP contribution >= 0.6 is 11.6 Å². The second-order valence-corrected chi connectivity index (χ2v) is 3.12. The summed E-state index contributed by atoms with van der Waals surface area (Å²) in [6.45, 7) is 0.00467. The van der Waals surface area contributed by atoms with Crippen molar-refractivity contribution in [2.24, 2.45) is 0 Å². The van der Waals surface area contributed by atoms with Crippen LogP contribution in [0.25, 0.3) is 0 Å². The highest BCUT2D eigenvalue weighted by molar-refractivity contribution is 6.36. The maximum absolute atomic E-state index is 8.73. The molecule has 0 aliphatic heterocycles. The number of halogens is 1. The zero-order valence-electron chi connectivity index (χ0n) is 7.05. The van der Waals surface area contributed by atoms with E-state index in [9.17, 15) is 0 Å². The van der Waals surface area contributed by atoms with Gasteiger partial charge in [0.15, 0.2) is 0 Å². The number of nitrogens with two attached hydrogens (primary N) is 3. The molecular weight excluding hydrogens is 190 g/mol. The Bertz CT molecular complexity index is 328. The Morgan fingerprint density at radius 2 is 1.85 bits per heavy atom. The average Bonchev–Trinajstić information content (AvgIpc) is 2.11. The van der Waals surface area contributed by atoms with Gasteiger partial charge in [-0.25, -0.2) is 0 Å². The van der Waals surface area contributed by atoms with Gasteiger partial charge in [-0.1, -0.05) is 11.6 Å². The molecule has 1 rings (SSSR count). The molecule has 0 saturated carbocycles. The van der Waals surface area contributed by atoms with Gasteiger partial charge in [0.05, 0.1) is 22.1 Å². The van der Waals surface area contributed by atoms with Crippen molar-refractivity contribution >= 4 is 28.7 Å². The normalized spacial score (nSPS) is 10.3. The molecule has 0 atom stereocenters. The van der Waals surface area contributed by atoms with Crippen LogP contribution in [0.5, 0.6) is 0 Å². The maximum atomic E-state index is 8.73. The molecule has 0 amide bonds. The fourth-order valence-corrected chi connectivity index (χ4v) is 1.26. The molecule has 0 radical (unpaired) electrons. The van der Waals surface area contributed by atoms with Gasteiger partial charge in [0.2, 0.25) is 0 Å². The summed E-state index contributed by atoms with van der Waals surface area (Å²) in [6, 6.07) is 1.63. The second-order valence-electron chi connectivity index (χ2n) is 2.74. The molecule has 13 heavy (non-hydrogen) atoms. The minimum absolute atomic E-state index is 0.00467. The van der Waals surface area contributed by atoms with Crippen LogP contribution in [0.4, 0.5) is 17.1 Å². The highest BCUT2D eigenvalue weighted by Gasteiger charge is 2.09. The van der Waals surface area contributed by atoms with E-state index in [4.69, 9.17) is 33.9 Å². The predicted molar refractivity (Wildman–Crippen MR) is 55.5 cm³/mol. The van der Waals surface area contributed by atoms with Crippen LogP contribution in [0.2, 0.25) is 5.02 Å². The third kappa shape index (κ3) is 1.79. The molecule has 0 spiro atoms. The summed E-state index contributed by atoms with van der Waals surface area (Å²) in [7, 11) is 0. The first-order valence-electron chi connectivity index (χ1n) is 3.80. The predicted octanol–water partition coefficient (Wildman–Crippen LogP) is 0.621. The van der Waals surface area contributed by atoms with Crippen molar-refractivity contribution in [3.63, 3.8) is 0 Å². The average molecular weight is 202 g/mol. The van der Waals surface area contributed by atoms with Gasteiger partial charge >= 0.3 is 0 Å². The zero-order valence-corrected chi connectivity index (χ0v) is 7.80. The van der Waals surface area contributed by atoms with Crippen LogP contribution < -0.4 is 17.2 Å². The van der Waals surface area contributed by atoms with Crippen molar-refractivity contribution in [3.8, 4) is 0 Å². The molecule has 0 aliphatic rings. The SMILES string of the molecule is Nc1cc(CCO)c(N)c(N)c1Cl. The molecule has 5 heteroatoms. The molecule has 0 fully saturated rings. The molecule has 0 saturated heterocycles. The first kappa shape index (κ1) is 9.95. The van der Waals surface area contributed by atoms with Crippen LogP contribution in [0.3, 0.4) is 0 Å². The van der Waals surface area contributed by atoms with E-state index in [-0.39, 0.29) is 17.3 Å². The van der Waals surface area contributed by atoms with E-state index in [0.29, 0.717) is 17.8 Å². The number of aliphatic hydroxyl groups excluding tert-OH is 1. The number of hydrogen-bond donors (Lipinski definition) is 4. The molecule has 4 nitrogen and oxygen atoms in total.